The Morgan fingerprint density at radius 1 is 1.25 bits per heavy atom. The van der Waals surface area contributed by atoms with Gasteiger partial charge >= 0.3 is 0 Å². The minimum absolute atomic E-state index is 0.427. The molecule has 1 heterocycles. The van der Waals surface area contributed by atoms with E-state index in [1.807, 2.05) is 32.0 Å². The van der Waals surface area contributed by atoms with E-state index in [9.17, 15) is 0 Å². The maximum Gasteiger partial charge on any atom is 0.162 e. The molecule has 0 aromatic heterocycles. The number of ether oxygens (including phenoxy) is 2. The minimum atomic E-state index is -0.427. The Balaban J connectivity index is 2.21. The van der Waals surface area contributed by atoms with Crippen molar-refractivity contribution in [2.24, 2.45) is 0 Å². The van der Waals surface area contributed by atoms with Gasteiger partial charge in [-0.2, -0.15) is 5.26 Å². The molecule has 0 aliphatic carbocycles. The van der Waals surface area contributed by atoms with Crippen molar-refractivity contribution in [3.63, 3.8) is 0 Å². The van der Waals surface area contributed by atoms with Gasteiger partial charge in [-0.25, -0.2) is 0 Å². The Morgan fingerprint density at radius 2 is 1.94 bits per heavy atom. The van der Waals surface area contributed by atoms with Crippen LogP contribution < -0.4 is 9.47 Å². The highest BCUT2D eigenvalue weighted by atomic mass is 32.2. The second-order valence-corrected chi connectivity index (χ2v) is 5.73. The third-order valence-corrected chi connectivity index (χ3v) is 3.25. The molecule has 1 aliphatic heterocycles. The van der Waals surface area contributed by atoms with Crippen LogP contribution in [0.1, 0.15) is 13.8 Å². The molecule has 0 saturated heterocycles. The van der Waals surface area contributed by atoms with Crippen LogP contribution in [-0.4, -0.2) is 18.0 Å². The summed E-state index contributed by atoms with van der Waals surface area (Å²) in [6.07, 6.45) is 0. The van der Waals surface area contributed by atoms with E-state index in [-0.39, 0.29) is 0 Å². The highest BCUT2D eigenvalue weighted by Gasteiger charge is 2.20. The van der Waals surface area contributed by atoms with Gasteiger partial charge in [-0.3, -0.25) is 0 Å². The van der Waals surface area contributed by atoms with E-state index in [0.29, 0.717) is 13.2 Å². The van der Waals surface area contributed by atoms with E-state index in [0.717, 1.165) is 16.4 Å². The highest BCUT2D eigenvalue weighted by Crippen LogP contribution is 2.38. The Bertz CT molecular complexity index is 437. The topological polar surface area (TPSA) is 42.2 Å². The number of fused-ring (bicyclic) bond motifs is 1. The van der Waals surface area contributed by atoms with E-state index in [2.05, 4.69) is 6.07 Å². The van der Waals surface area contributed by atoms with Crippen molar-refractivity contribution in [2.45, 2.75) is 23.5 Å². The average Bonchev–Trinajstić information content (AvgIpc) is 2.28. The van der Waals surface area contributed by atoms with Crippen molar-refractivity contribution in [3.05, 3.63) is 18.2 Å². The maximum absolute atomic E-state index is 8.97. The second-order valence-electron chi connectivity index (χ2n) is 4.03. The third kappa shape index (κ3) is 2.42. The molecule has 16 heavy (non-hydrogen) atoms. The van der Waals surface area contributed by atoms with E-state index >= 15 is 0 Å². The molecule has 0 saturated carbocycles. The molecule has 0 bridgehead atoms. The molecule has 0 amide bonds. The monoisotopic (exact) mass is 235 g/mol. The molecule has 1 aromatic carbocycles. The lowest BCUT2D eigenvalue weighted by Crippen LogP contribution is -2.15. The van der Waals surface area contributed by atoms with Crippen molar-refractivity contribution in [2.75, 3.05) is 13.2 Å². The average molecular weight is 235 g/mol. The van der Waals surface area contributed by atoms with Crippen LogP contribution in [0.25, 0.3) is 0 Å². The fourth-order valence-electron chi connectivity index (χ4n) is 1.40. The molecule has 3 nitrogen and oxygen atoms in total. The molecule has 1 aliphatic rings. The molecular weight excluding hydrogens is 222 g/mol. The first-order chi connectivity index (χ1) is 7.61. The summed E-state index contributed by atoms with van der Waals surface area (Å²) >= 11 is 1.52. The second kappa shape index (κ2) is 4.26. The minimum Gasteiger partial charge on any atom is -0.486 e. The predicted octanol–water partition coefficient (Wildman–Crippen LogP) is 2.85. The third-order valence-electron chi connectivity index (χ3n) is 2.16. The van der Waals surface area contributed by atoms with Crippen molar-refractivity contribution >= 4 is 11.8 Å². The molecule has 0 unspecified atom stereocenters. The van der Waals surface area contributed by atoms with Gasteiger partial charge in [0.15, 0.2) is 11.5 Å². The molecule has 0 spiro atoms. The predicted molar refractivity (Wildman–Crippen MR) is 63.0 cm³/mol. The zero-order valence-electron chi connectivity index (χ0n) is 9.32. The number of nitriles is 1. The summed E-state index contributed by atoms with van der Waals surface area (Å²) in [6.45, 7) is 4.98. The number of hydrogen-bond acceptors (Lipinski definition) is 4. The van der Waals surface area contributed by atoms with Crippen LogP contribution in [0.2, 0.25) is 0 Å². The van der Waals surface area contributed by atoms with Crippen LogP contribution in [0.15, 0.2) is 23.1 Å². The zero-order chi connectivity index (χ0) is 11.6. The summed E-state index contributed by atoms with van der Waals surface area (Å²) < 4.78 is 10.5. The van der Waals surface area contributed by atoms with Gasteiger partial charge in [0.25, 0.3) is 0 Å². The van der Waals surface area contributed by atoms with E-state index in [4.69, 9.17) is 14.7 Å². The first-order valence-electron chi connectivity index (χ1n) is 5.11. The van der Waals surface area contributed by atoms with Gasteiger partial charge < -0.3 is 9.47 Å². The Labute approximate surface area is 99.4 Å². The molecule has 84 valence electrons. The normalized spacial score (nSPS) is 14.3. The first-order valence-corrected chi connectivity index (χ1v) is 5.92. The molecule has 0 N–H and O–H groups in total. The molecule has 4 heteroatoms. The Morgan fingerprint density at radius 3 is 2.62 bits per heavy atom. The van der Waals surface area contributed by atoms with Crippen LogP contribution in [-0.2, 0) is 0 Å². The van der Waals surface area contributed by atoms with Gasteiger partial charge in [-0.15, -0.1) is 11.8 Å². The summed E-state index contributed by atoms with van der Waals surface area (Å²) in [4.78, 5) is 1.02. The van der Waals surface area contributed by atoms with Gasteiger partial charge in [0.05, 0.1) is 6.07 Å². The van der Waals surface area contributed by atoms with Crippen molar-refractivity contribution in [3.8, 4) is 17.6 Å². The molecule has 1 aromatic rings. The van der Waals surface area contributed by atoms with Crippen molar-refractivity contribution in [1.82, 2.24) is 0 Å². The number of nitrogens with zero attached hydrogens (tertiary/aromatic N) is 1. The molecule has 0 radical (unpaired) electrons. The molecule has 0 atom stereocenters. The summed E-state index contributed by atoms with van der Waals surface area (Å²) in [5, 5.41) is 8.97. The highest BCUT2D eigenvalue weighted by molar-refractivity contribution is 8.00. The first kappa shape index (κ1) is 11.2. The largest absolute Gasteiger partial charge is 0.486 e. The van der Waals surface area contributed by atoms with Gasteiger partial charge in [0.1, 0.15) is 18.0 Å². The lowest BCUT2D eigenvalue weighted by Gasteiger charge is -2.20. The van der Waals surface area contributed by atoms with Crippen LogP contribution in [0.4, 0.5) is 0 Å². The number of rotatable bonds is 2. The molecule has 0 fully saturated rings. The van der Waals surface area contributed by atoms with E-state index in [1.54, 1.807) is 0 Å². The fraction of sp³-hybridized carbons (Fsp3) is 0.417. The van der Waals surface area contributed by atoms with Crippen LogP contribution >= 0.6 is 11.8 Å². The lowest BCUT2D eigenvalue weighted by molar-refractivity contribution is 0.171. The van der Waals surface area contributed by atoms with Gasteiger partial charge in [-0.05, 0) is 32.0 Å². The summed E-state index contributed by atoms with van der Waals surface area (Å²) in [7, 11) is 0. The van der Waals surface area contributed by atoms with Crippen molar-refractivity contribution < 1.29 is 9.47 Å². The van der Waals surface area contributed by atoms with Gasteiger partial charge in [0, 0.05) is 4.90 Å². The lowest BCUT2D eigenvalue weighted by atomic mass is 10.2. The fourth-order valence-corrected chi connectivity index (χ4v) is 2.34. The van der Waals surface area contributed by atoms with Crippen LogP contribution in [0.3, 0.4) is 0 Å². The van der Waals surface area contributed by atoms with Crippen LogP contribution in [0, 0.1) is 11.3 Å². The van der Waals surface area contributed by atoms with Crippen LogP contribution in [0.5, 0.6) is 11.5 Å². The van der Waals surface area contributed by atoms with E-state index < -0.39 is 4.75 Å². The molecular formula is C12H13NO2S. The Kier molecular flexibility index (Phi) is 2.97. The smallest absolute Gasteiger partial charge is 0.162 e. The summed E-state index contributed by atoms with van der Waals surface area (Å²) in [5.41, 5.74) is 0. The SMILES string of the molecule is CC(C)(C#N)Sc1ccc2c(c1)OCCO2. The van der Waals surface area contributed by atoms with Gasteiger partial charge in [-0.1, -0.05) is 0 Å². The number of thioether (sulfide) groups is 1. The number of hydrogen-bond donors (Lipinski definition) is 0. The van der Waals surface area contributed by atoms with Gasteiger partial charge in [0.2, 0.25) is 0 Å². The zero-order valence-corrected chi connectivity index (χ0v) is 10.1. The summed E-state index contributed by atoms with van der Waals surface area (Å²) in [6, 6.07) is 8.04. The molecule has 2 rings (SSSR count). The Hall–Kier alpha value is -1.34. The maximum atomic E-state index is 8.97. The quantitative estimate of drug-likeness (QED) is 0.739. The van der Waals surface area contributed by atoms with E-state index in [1.165, 1.54) is 11.8 Å². The van der Waals surface area contributed by atoms with Crippen molar-refractivity contribution in [1.29, 1.82) is 5.26 Å². The standard InChI is InChI=1S/C12H13NO2S/c1-12(2,8-13)16-9-3-4-10-11(7-9)15-6-5-14-10/h3-4,7H,5-6H2,1-2H3. The summed E-state index contributed by atoms with van der Waals surface area (Å²) in [5.74, 6) is 1.55. The number of benzene rings is 1.